The largest absolute Gasteiger partial charge is 0.489 e. The number of ether oxygens (including phenoxy) is 2. The lowest BCUT2D eigenvalue weighted by Crippen LogP contribution is -2.28. The average molecular weight is 312 g/mol. The molecule has 3 nitrogen and oxygen atoms in total. The van der Waals surface area contributed by atoms with E-state index in [1.165, 1.54) is 6.07 Å². The van der Waals surface area contributed by atoms with Crippen LogP contribution in [0.15, 0.2) is 18.2 Å². The summed E-state index contributed by atoms with van der Waals surface area (Å²) in [4.78, 5) is 0. The van der Waals surface area contributed by atoms with Crippen LogP contribution in [0, 0.1) is 5.92 Å². The van der Waals surface area contributed by atoms with Crippen LogP contribution in [0.2, 0.25) is 0 Å². The van der Waals surface area contributed by atoms with Crippen molar-refractivity contribution in [1.82, 2.24) is 0 Å². The van der Waals surface area contributed by atoms with Gasteiger partial charge in [0.25, 0.3) is 0 Å². The molecule has 0 radical (unpaired) electrons. The van der Waals surface area contributed by atoms with Crippen LogP contribution in [0.5, 0.6) is 11.5 Å². The number of rotatable bonds is 6. The zero-order valence-corrected chi connectivity index (χ0v) is 12.6. The van der Waals surface area contributed by atoms with Gasteiger partial charge in [0.15, 0.2) is 11.5 Å². The maximum Gasteiger partial charge on any atom is 0.387 e. The van der Waals surface area contributed by atoms with Gasteiger partial charge in [0, 0.05) is 0 Å². The minimum atomic E-state index is -2.88. The molecule has 2 aliphatic carbocycles. The van der Waals surface area contributed by atoms with E-state index < -0.39 is 12.2 Å². The van der Waals surface area contributed by atoms with Gasteiger partial charge in [0.1, 0.15) is 0 Å². The SMILES string of the molecule is OC1(c2ccc(OC(F)F)c(OCC3CC3)c2)CCCCC1. The van der Waals surface area contributed by atoms with E-state index >= 15 is 0 Å². The summed E-state index contributed by atoms with van der Waals surface area (Å²) in [7, 11) is 0. The zero-order valence-electron chi connectivity index (χ0n) is 12.6. The van der Waals surface area contributed by atoms with Crippen LogP contribution in [-0.2, 0) is 5.60 Å². The van der Waals surface area contributed by atoms with E-state index in [0.717, 1.165) is 37.7 Å². The second-order valence-corrected chi connectivity index (χ2v) is 6.39. The van der Waals surface area contributed by atoms with E-state index in [-0.39, 0.29) is 5.75 Å². The summed E-state index contributed by atoms with van der Waals surface area (Å²) in [5, 5.41) is 10.8. The molecule has 2 saturated carbocycles. The molecule has 1 aromatic carbocycles. The highest BCUT2D eigenvalue weighted by molar-refractivity contribution is 5.45. The Kier molecular flexibility index (Phi) is 4.52. The van der Waals surface area contributed by atoms with Crippen LogP contribution in [0.25, 0.3) is 0 Å². The van der Waals surface area contributed by atoms with Gasteiger partial charge in [0.2, 0.25) is 0 Å². The Labute approximate surface area is 129 Å². The van der Waals surface area contributed by atoms with E-state index in [1.54, 1.807) is 12.1 Å². The number of hydrogen-bond acceptors (Lipinski definition) is 3. The van der Waals surface area contributed by atoms with Gasteiger partial charge in [-0.05, 0) is 49.3 Å². The van der Waals surface area contributed by atoms with Crippen molar-refractivity contribution in [2.75, 3.05) is 6.61 Å². The third-order valence-electron chi connectivity index (χ3n) is 4.55. The fourth-order valence-corrected chi connectivity index (χ4v) is 3.02. The highest BCUT2D eigenvalue weighted by atomic mass is 19.3. The molecule has 1 N–H and O–H groups in total. The lowest BCUT2D eigenvalue weighted by Gasteiger charge is -2.33. The van der Waals surface area contributed by atoms with Gasteiger partial charge in [-0.2, -0.15) is 8.78 Å². The highest BCUT2D eigenvalue weighted by Crippen LogP contribution is 2.41. The predicted octanol–water partition coefficient (Wildman–Crippen LogP) is 4.23. The maximum atomic E-state index is 12.5. The van der Waals surface area contributed by atoms with Crippen molar-refractivity contribution in [3.8, 4) is 11.5 Å². The van der Waals surface area contributed by atoms with Gasteiger partial charge >= 0.3 is 6.61 Å². The molecule has 0 amide bonds. The fourth-order valence-electron chi connectivity index (χ4n) is 3.02. The Morgan fingerprint density at radius 1 is 1.14 bits per heavy atom. The Balaban J connectivity index is 1.82. The number of halogens is 2. The number of alkyl halides is 2. The van der Waals surface area contributed by atoms with Crippen LogP contribution in [-0.4, -0.2) is 18.3 Å². The Morgan fingerprint density at radius 3 is 2.50 bits per heavy atom. The van der Waals surface area contributed by atoms with Gasteiger partial charge in [-0.15, -0.1) is 0 Å². The molecule has 0 aliphatic heterocycles. The molecule has 1 aromatic rings. The van der Waals surface area contributed by atoms with Crippen molar-refractivity contribution < 1.29 is 23.4 Å². The molecule has 0 unspecified atom stereocenters. The summed E-state index contributed by atoms with van der Waals surface area (Å²) in [6.07, 6.45) is 6.71. The molecule has 5 heteroatoms. The van der Waals surface area contributed by atoms with Gasteiger partial charge in [-0.1, -0.05) is 25.3 Å². The van der Waals surface area contributed by atoms with Gasteiger partial charge in [-0.25, -0.2) is 0 Å². The monoisotopic (exact) mass is 312 g/mol. The first kappa shape index (κ1) is 15.5. The Bertz CT molecular complexity index is 509. The molecule has 122 valence electrons. The summed E-state index contributed by atoms with van der Waals surface area (Å²) in [5.41, 5.74) is -0.140. The Morgan fingerprint density at radius 2 is 1.86 bits per heavy atom. The summed E-state index contributed by atoms with van der Waals surface area (Å²) in [6.45, 7) is -2.37. The van der Waals surface area contributed by atoms with E-state index in [2.05, 4.69) is 4.74 Å². The molecule has 0 spiro atoms. The average Bonchev–Trinajstić information content (AvgIpc) is 3.30. The number of aliphatic hydroxyl groups is 1. The van der Waals surface area contributed by atoms with Crippen LogP contribution in [0.1, 0.15) is 50.5 Å². The lowest BCUT2D eigenvalue weighted by atomic mass is 9.79. The summed E-state index contributed by atoms with van der Waals surface area (Å²) >= 11 is 0. The quantitative estimate of drug-likeness (QED) is 0.854. The number of benzene rings is 1. The van der Waals surface area contributed by atoms with Crippen LogP contribution in [0.3, 0.4) is 0 Å². The smallest absolute Gasteiger partial charge is 0.387 e. The minimum absolute atomic E-state index is 0.0406. The van der Waals surface area contributed by atoms with E-state index in [0.29, 0.717) is 31.1 Å². The number of hydrogen-bond donors (Lipinski definition) is 1. The van der Waals surface area contributed by atoms with Crippen molar-refractivity contribution in [2.45, 2.75) is 57.2 Å². The molecule has 0 atom stereocenters. The first-order valence-electron chi connectivity index (χ1n) is 8.01. The molecule has 2 fully saturated rings. The summed E-state index contributed by atoms with van der Waals surface area (Å²) in [5.74, 6) is 0.864. The van der Waals surface area contributed by atoms with Crippen molar-refractivity contribution in [3.63, 3.8) is 0 Å². The molecule has 0 bridgehead atoms. The standard InChI is InChI=1S/C17H22F2O3/c18-16(19)22-14-7-6-13(17(20)8-2-1-3-9-17)10-15(14)21-11-12-4-5-12/h6-7,10,12,16,20H,1-5,8-9,11H2. The molecular formula is C17H22F2O3. The van der Waals surface area contributed by atoms with Gasteiger partial charge in [-0.3, -0.25) is 0 Å². The van der Waals surface area contributed by atoms with E-state index in [1.807, 2.05) is 0 Å². The van der Waals surface area contributed by atoms with Crippen LogP contribution >= 0.6 is 0 Å². The summed E-state index contributed by atoms with van der Waals surface area (Å²) in [6, 6.07) is 4.83. The van der Waals surface area contributed by atoms with Gasteiger partial charge in [0.05, 0.1) is 12.2 Å². The molecule has 0 aromatic heterocycles. The van der Waals surface area contributed by atoms with E-state index in [4.69, 9.17) is 4.74 Å². The maximum absolute atomic E-state index is 12.5. The third kappa shape index (κ3) is 3.69. The first-order valence-corrected chi connectivity index (χ1v) is 8.01. The van der Waals surface area contributed by atoms with E-state index in [9.17, 15) is 13.9 Å². The van der Waals surface area contributed by atoms with Crippen molar-refractivity contribution in [2.24, 2.45) is 5.92 Å². The zero-order chi connectivity index (χ0) is 15.6. The molecule has 0 saturated heterocycles. The molecule has 3 rings (SSSR count). The second-order valence-electron chi connectivity index (χ2n) is 6.39. The fraction of sp³-hybridized carbons (Fsp3) is 0.647. The minimum Gasteiger partial charge on any atom is -0.489 e. The molecule has 2 aliphatic rings. The van der Waals surface area contributed by atoms with Crippen LogP contribution < -0.4 is 9.47 Å². The first-order chi connectivity index (χ1) is 10.6. The molecule has 22 heavy (non-hydrogen) atoms. The third-order valence-corrected chi connectivity index (χ3v) is 4.55. The lowest BCUT2D eigenvalue weighted by molar-refractivity contribution is -0.0516. The van der Waals surface area contributed by atoms with Crippen molar-refractivity contribution in [3.05, 3.63) is 23.8 Å². The predicted molar refractivity (Wildman–Crippen MR) is 78.3 cm³/mol. The Hall–Kier alpha value is -1.36. The normalized spacial score (nSPS) is 20.9. The second kappa shape index (κ2) is 6.41. The van der Waals surface area contributed by atoms with Crippen molar-refractivity contribution in [1.29, 1.82) is 0 Å². The molecular weight excluding hydrogens is 290 g/mol. The van der Waals surface area contributed by atoms with Crippen molar-refractivity contribution >= 4 is 0 Å². The highest BCUT2D eigenvalue weighted by Gasteiger charge is 2.32. The summed E-state index contributed by atoms with van der Waals surface area (Å²) < 4.78 is 35.2. The van der Waals surface area contributed by atoms with Gasteiger partial charge < -0.3 is 14.6 Å². The van der Waals surface area contributed by atoms with Crippen LogP contribution in [0.4, 0.5) is 8.78 Å². The molecule has 0 heterocycles. The topological polar surface area (TPSA) is 38.7 Å².